The van der Waals surface area contributed by atoms with Crippen LogP contribution < -0.4 is 5.73 Å². The SMILES string of the molecule is CC(C)c1cc(C(=O)N2CCC[C@H](c3nc4ccc(F)cc4cc3C(N)=O)C2)no1. The number of piperidine rings is 1. The fourth-order valence-electron chi connectivity index (χ4n) is 3.88. The topological polar surface area (TPSA) is 102 Å². The van der Waals surface area contributed by atoms with E-state index in [1.54, 1.807) is 23.1 Å². The van der Waals surface area contributed by atoms with Crippen LogP contribution in [0.2, 0.25) is 0 Å². The smallest absolute Gasteiger partial charge is 0.276 e. The molecular formula is C22H23FN4O3. The van der Waals surface area contributed by atoms with E-state index in [-0.39, 0.29) is 29.0 Å². The lowest BCUT2D eigenvalue weighted by Gasteiger charge is -2.32. The lowest BCUT2D eigenvalue weighted by atomic mass is 9.90. The van der Waals surface area contributed by atoms with Crippen LogP contribution in [0.4, 0.5) is 4.39 Å². The number of rotatable bonds is 4. The molecule has 0 aliphatic carbocycles. The number of carbonyl (C=O) groups is 2. The number of hydrogen-bond acceptors (Lipinski definition) is 5. The van der Waals surface area contributed by atoms with Gasteiger partial charge in [0.25, 0.3) is 11.8 Å². The predicted octanol–water partition coefficient (Wildman–Crippen LogP) is 3.60. The molecule has 0 saturated carbocycles. The molecule has 1 saturated heterocycles. The van der Waals surface area contributed by atoms with E-state index in [1.807, 2.05) is 13.8 Å². The summed E-state index contributed by atoms with van der Waals surface area (Å²) in [5, 5.41) is 4.43. The van der Waals surface area contributed by atoms with Crippen LogP contribution >= 0.6 is 0 Å². The highest BCUT2D eigenvalue weighted by Crippen LogP contribution is 2.31. The Labute approximate surface area is 173 Å². The third-order valence-electron chi connectivity index (χ3n) is 5.48. The molecule has 3 aromatic rings. The summed E-state index contributed by atoms with van der Waals surface area (Å²) in [5.41, 5.74) is 7.25. The number of aromatic nitrogens is 2. The first kappa shape index (κ1) is 20.0. The van der Waals surface area contributed by atoms with Crippen LogP contribution in [0, 0.1) is 5.82 Å². The van der Waals surface area contributed by atoms with E-state index in [4.69, 9.17) is 10.3 Å². The number of halogens is 1. The van der Waals surface area contributed by atoms with Crippen LogP contribution in [-0.4, -0.2) is 39.9 Å². The minimum atomic E-state index is -0.620. The standard InChI is InChI=1S/C22H23FN4O3/c1-12(2)19-10-18(26-30-19)22(29)27-7-3-4-13(11-27)20-16(21(24)28)9-14-8-15(23)5-6-17(14)25-20/h5-6,8-10,12-13H,3-4,7,11H2,1-2H3,(H2,24,28)/t13-/m0/s1. The van der Waals surface area contributed by atoms with Gasteiger partial charge in [0.1, 0.15) is 11.6 Å². The molecule has 2 aromatic heterocycles. The molecule has 0 spiro atoms. The van der Waals surface area contributed by atoms with Crippen molar-refractivity contribution in [1.29, 1.82) is 0 Å². The first-order valence-corrected chi connectivity index (χ1v) is 9.99. The van der Waals surface area contributed by atoms with Crippen LogP contribution in [-0.2, 0) is 0 Å². The summed E-state index contributed by atoms with van der Waals surface area (Å²) in [6, 6.07) is 7.49. The Morgan fingerprint density at radius 1 is 1.27 bits per heavy atom. The minimum Gasteiger partial charge on any atom is -0.366 e. The molecule has 30 heavy (non-hydrogen) atoms. The third-order valence-corrected chi connectivity index (χ3v) is 5.48. The van der Waals surface area contributed by atoms with Crippen LogP contribution in [0.15, 0.2) is 34.9 Å². The lowest BCUT2D eigenvalue weighted by molar-refractivity contribution is 0.0695. The number of carbonyl (C=O) groups excluding carboxylic acids is 2. The first-order valence-electron chi connectivity index (χ1n) is 9.99. The maximum Gasteiger partial charge on any atom is 0.276 e. The van der Waals surface area contributed by atoms with E-state index in [9.17, 15) is 14.0 Å². The largest absolute Gasteiger partial charge is 0.366 e. The van der Waals surface area contributed by atoms with Gasteiger partial charge in [-0.05, 0) is 37.1 Å². The fourth-order valence-corrected chi connectivity index (χ4v) is 3.88. The van der Waals surface area contributed by atoms with Gasteiger partial charge in [0.05, 0.1) is 16.8 Å². The molecule has 1 aromatic carbocycles. The molecule has 4 rings (SSSR count). The molecule has 0 radical (unpaired) electrons. The van der Waals surface area contributed by atoms with Crippen LogP contribution in [0.25, 0.3) is 10.9 Å². The number of amides is 2. The second kappa shape index (κ2) is 7.85. The van der Waals surface area contributed by atoms with E-state index in [0.29, 0.717) is 35.4 Å². The molecule has 7 nitrogen and oxygen atoms in total. The quantitative estimate of drug-likeness (QED) is 0.708. The van der Waals surface area contributed by atoms with E-state index < -0.39 is 11.7 Å². The molecule has 1 fully saturated rings. The minimum absolute atomic E-state index is 0.137. The van der Waals surface area contributed by atoms with Crippen LogP contribution in [0.3, 0.4) is 0 Å². The zero-order valence-corrected chi connectivity index (χ0v) is 16.9. The number of primary amides is 1. The number of hydrogen-bond donors (Lipinski definition) is 1. The van der Waals surface area contributed by atoms with Crippen molar-refractivity contribution in [3.63, 3.8) is 0 Å². The highest BCUT2D eigenvalue weighted by Gasteiger charge is 2.30. The van der Waals surface area contributed by atoms with Crippen molar-refractivity contribution in [2.45, 2.75) is 38.5 Å². The zero-order chi connectivity index (χ0) is 21.4. The van der Waals surface area contributed by atoms with Crippen molar-refractivity contribution in [2.75, 3.05) is 13.1 Å². The van der Waals surface area contributed by atoms with Gasteiger partial charge < -0.3 is 15.2 Å². The normalized spacial score (nSPS) is 16.9. The number of pyridine rings is 1. The van der Waals surface area contributed by atoms with E-state index in [2.05, 4.69) is 10.1 Å². The van der Waals surface area contributed by atoms with E-state index >= 15 is 0 Å². The second-order valence-electron chi connectivity index (χ2n) is 7.98. The van der Waals surface area contributed by atoms with Crippen molar-refractivity contribution >= 4 is 22.7 Å². The van der Waals surface area contributed by atoms with Crippen molar-refractivity contribution in [3.8, 4) is 0 Å². The van der Waals surface area contributed by atoms with Gasteiger partial charge in [-0.25, -0.2) is 4.39 Å². The van der Waals surface area contributed by atoms with Gasteiger partial charge in [-0.15, -0.1) is 0 Å². The molecule has 3 heterocycles. The van der Waals surface area contributed by atoms with Crippen molar-refractivity contribution in [2.24, 2.45) is 5.73 Å². The number of fused-ring (bicyclic) bond motifs is 1. The molecule has 1 atom stereocenters. The Balaban J connectivity index is 1.64. The molecule has 8 heteroatoms. The predicted molar refractivity (Wildman–Crippen MR) is 109 cm³/mol. The average molecular weight is 410 g/mol. The van der Waals surface area contributed by atoms with Gasteiger partial charge >= 0.3 is 0 Å². The number of benzene rings is 1. The summed E-state index contributed by atoms with van der Waals surface area (Å²) in [5.74, 6) is -0.597. The summed E-state index contributed by atoms with van der Waals surface area (Å²) in [6.45, 7) is 4.91. The lowest BCUT2D eigenvalue weighted by Crippen LogP contribution is -2.40. The number of nitrogens with zero attached hydrogens (tertiary/aromatic N) is 3. The third kappa shape index (κ3) is 3.77. The summed E-state index contributed by atoms with van der Waals surface area (Å²) in [4.78, 5) is 31.3. The van der Waals surface area contributed by atoms with Crippen molar-refractivity contribution in [3.05, 3.63) is 58.9 Å². The Morgan fingerprint density at radius 3 is 2.77 bits per heavy atom. The summed E-state index contributed by atoms with van der Waals surface area (Å²) < 4.78 is 18.8. The first-order chi connectivity index (χ1) is 14.3. The van der Waals surface area contributed by atoms with Crippen molar-refractivity contribution in [1.82, 2.24) is 15.0 Å². The van der Waals surface area contributed by atoms with Crippen LogP contribution in [0.5, 0.6) is 0 Å². The van der Waals surface area contributed by atoms with Gasteiger partial charge in [0.15, 0.2) is 5.69 Å². The molecule has 156 valence electrons. The van der Waals surface area contributed by atoms with E-state index in [0.717, 1.165) is 12.8 Å². The Morgan fingerprint density at radius 2 is 2.07 bits per heavy atom. The van der Waals surface area contributed by atoms with Gasteiger partial charge in [-0.3, -0.25) is 14.6 Å². The van der Waals surface area contributed by atoms with Crippen LogP contribution in [0.1, 0.15) is 70.8 Å². The van der Waals surface area contributed by atoms with Gasteiger partial charge in [-0.1, -0.05) is 19.0 Å². The Bertz CT molecular complexity index is 1120. The van der Waals surface area contributed by atoms with E-state index in [1.165, 1.54) is 12.1 Å². The molecule has 0 unspecified atom stereocenters. The average Bonchev–Trinajstić information content (AvgIpc) is 3.23. The van der Waals surface area contributed by atoms with Gasteiger partial charge in [0.2, 0.25) is 0 Å². The molecule has 0 bridgehead atoms. The van der Waals surface area contributed by atoms with Crippen molar-refractivity contribution < 1.29 is 18.5 Å². The van der Waals surface area contributed by atoms with Gasteiger partial charge in [-0.2, -0.15) is 0 Å². The Kier molecular flexibility index (Phi) is 5.24. The summed E-state index contributed by atoms with van der Waals surface area (Å²) in [7, 11) is 0. The maximum atomic E-state index is 13.6. The zero-order valence-electron chi connectivity index (χ0n) is 16.9. The fraction of sp³-hybridized carbons (Fsp3) is 0.364. The number of nitrogens with two attached hydrogens (primary N) is 1. The molecule has 2 N–H and O–H groups in total. The molecule has 1 aliphatic rings. The summed E-state index contributed by atoms with van der Waals surface area (Å²) in [6.07, 6.45) is 1.52. The summed E-state index contributed by atoms with van der Waals surface area (Å²) >= 11 is 0. The maximum absolute atomic E-state index is 13.6. The molecule has 1 aliphatic heterocycles. The highest BCUT2D eigenvalue weighted by molar-refractivity contribution is 5.98. The Hall–Kier alpha value is -3.29. The highest BCUT2D eigenvalue weighted by atomic mass is 19.1. The molecule has 2 amide bonds. The van der Waals surface area contributed by atoms with Gasteiger partial charge in [0, 0.05) is 36.4 Å². The molecular weight excluding hydrogens is 387 g/mol. The number of likely N-dealkylation sites (tertiary alicyclic amines) is 1. The monoisotopic (exact) mass is 410 g/mol. The second-order valence-corrected chi connectivity index (χ2v) is 7.98.